The zero-order valence-electron chi connectivity index (χ0n) is 9.67. The van der Waals surface area contributed by atoms with Gasteiger partial charge < -0.3 is 9.88 Å². The van der Waals surface area contributed by atoms with Crippen LogP contribution in [0.2, 0.25) is 0 Å². The molecule has 0 unspecified atom stereocenters. The number of nitrogens with zero attached hydrogens (tertiary/aromatic N) is 1. The van der Waals surface area contributed by atoms with E-state index in [1.165, 1.54) is 29.0 Å². The number of rotatable bonds is 3. The molecule has 1 aromatic carbocycles. The van der Waals surface area contributed by atoms with E-state index in [0.717, 1.165) is 0 Å². The first-order valence-electron chi connectivity index (χ1n) is 5.43. The van der Waals surface area contributed by atoms with E-state index in [-0.39, 0.29) is 6.54 Å². The van der Waals surface area contributed by atoms with Crippen molar-refractivity contribution in [2.24, 2.45) is 0 Å². The first kappa shape index (κ1) is 13.4. The van der Waals surface area contributed by atoms with Gasteiger partial charge in [0.2, 0.25) is 5.91 Å². The Bertz CT molecular complexity index is 603. The van der Waals surface area contributed by atoms with Gasteiger partial charge in [0.15, 0.2) is 0 Å². The molecule has 0 atom stereocenters. The quantitative estimate of drug-likeness (QED) is 0.857. The zero-order valence-corrected chi connectivity index (χ0v) is 9.67. The molecule has 0 aliphatic rings. The van der Waals surface area contributed by atoms with E-state index in [2.05, 4.69) is 0 Å². The van der Waals surface area contributed by atoms with Crippen LogP contribution in [0.4, 0.5) is 17.6 Å². The molecule has 0 aliphatic heterocycles. The number of amides is 1. The van der Waals surface area contributed by atoms with Crippen LogP contribution in [0.25, 0.3) is 10.9 Å². The Morgan fingerprint density at radius 2 is 2.00 bits per heavy atom. The third-order valence-corrected chi connectivity index (χ3v) is 2.54. The molecule has 0 spiro atoms. The van der Waals surface area contributed by atoms with Gasteiger partial charge in [0.25, 0.3) is 0 Å². The van der Waals surface area contributed by atoms with Crippen LogP contribution < -0.4 is 5.32 Å². The predicted octanol–water partition coefficient (Wildman–Crippen LogP) is 2.46. The van der Waals surface area contributed by atoms with Gasteiger partial charge >= 0.3 is 6.18 Å². The lowest BCUT2D eigenvalue weighted by Crippen LogP contribution is -2.35. The van der Waals surface area contributed by atoms with Gasteiger partial charge in [0.1, 0.15) is 18.9 Å². The second kappa shape index (κ2) is 4.91. The summed E-state index contributed by atoms with van der Waals surface area (Å²) in [6.07, 6.45) is -2.92. The van der Waals surface area contributed by atoms with E-state index in [1.807, 2.05) is 0 Å². The fraction of sp³-hybridized carbons (Fsp3) is 0.250. The summed E-state index contributed by atoms with van der Waals surface area (Å²) in [4.78, 5) is 11.4. The standard InChI is InChI=1S/C12H10F4N2O/c13-9-2-1-8-3-4-18(10(8)5-9)6-11(19)17-7-12(14,15)16/h1-5H,6-7H2,(H,17,19). The minimum atomic E-state index is -4.44. The van der Waals surface area contributed by atoms with Gasteiger partial charge in [-0.2, -0.15) is 13.2 Å². The summed E-state index contributed by atoms with van der Waals surface area (Å²) in [6.45, 7) is -1.66. The zero-order chi connectivity index (χ0) is 14.0. The summed E-state index contributed by atoms with van der Waals surface area (Å²) in [5, 5.41) is 2.47. The molecule has 3 nitrogen and oxygen atoms in total. The van der Waals surface area contributed by atoms with E-state index in [4.69, 9.17) is 0 Å². The SMILES string of the molecule is O=C(Cn1ccc2ccc(F)cc21)NCC(F)(F)F. The van der Waals surface area contributed by atoms with Crippen molar-refractivity contribution < 1.29 is 22.4 Å². The van der Waals surface area contributed by atoms with Crippen molar-refractivity contribution >= 4 is 16.8 Å². The highest BCUT2D eigenvalue weighted by molar-refractivity contribution is 5.83. The maximum atomic E-state index is 13.1. The molecule has 0 fully saturated rings. The van der Waals surface area contributed by atoms with Crippen LogP contribution in [0.1, 0.15) is 0 Å². The van der Waals surface area contributed by atoms with Gasteiger partial charge in [0.05, 0.1) is 5.52 Å². The van der Waals surface area contributed by atoms with Crippen LogP contribution >= 0.6 is 0 Å². The minimum absolute atomic E-state index is 0.289. The van der Waals surface area contributed by atoms with Crippen LogP contribution in [0.5, 0.6) is 0 Å². The first-order valence-corrected chi connectivity index (χ1v) is 5.43. The molecular formula is C12H10F4N2O. The molecule has 19 heavy (non-hydrogen) atoms. The summed E-state index contributed by atoms with van der Waals surface area (Å²) in [5.74, 6) is -1.25. The first-order chi connectivity index (χ1) is 8.85. The largest absolute Gasteiger partial charge is 0.405 e. The lowest BCUT2D eigenvalue weighted by atomic mass is 10.2. The number of carbonyl (C=O) groups excluding carboxylic acids is 1. The van der Waals surface area contributed by atoms with Crippen molar-refractivity contribution in [1.82, 2.24) is 9.88 Å². The number of alkyl halides is 3. The van der Waals surface area contributed by atoms with Crippen molar-refractivity contribution in [1.29, 1.82) is 0 Å². The maximum Gasteiger partial charge on any atom is 0.405 e. The molecule has 0 aliphatic carbocycles. The molecule has 0 saturated carbocycles. The number of hydrogen-bond acceptors (Lipinski definition) is 1. The van der Waals surface area contributed by atoms with Crippen molar-refractivity contribution in [2.75, 3.05) is 6.54 Å². The molecule has 0 bridgehead atoms. The number of fused-ring (bicyclic) bond motifs is 1. The molecule has 1 heterocycles. The van der Waals surface area contributed by atoms with Crippen molar-refractivity contribution in [3.05, 3.63) is 36.3 Å². The molecule has 1 amide bonds. The predicted molar refractivity (Wildman–Crippen MR) is 61.0 cm³/mol. The Labute approximate surface area is 105 Å². The van der Waals surface area contributed by atoms with Crippen molar-refractivity contribution in [3.8, 4) is 0 Å². The van der Waals surface area contributed by atoms with Gasteiger partial charge in [-0.3, -0.25) is 4.79 Å². The van der Waals surface area contributed by atoms with Gasteiger partial charge in [0, 0.05) is 6.20 Å². The number of carbonyl (C=O) groups is 1. The Morgan fingerprint density at radius 3 is 2.68 bits per heavy atom. The number of aromatic nitrogens is 1. The Morgan fingerprint density at radius 1 is 1.26 bits per heavy atom. The van der Waals surface area contributed by atoms with Gasteiger partial charge in [-0.25, -0.2) is 4.39 Å². The maximum absolute atomic E-state index is 13.1. The van der Waals surface area contributed by atoms with Gasteiger partial charge in [-0.1, -0.05) is 0 Å². The number of halogens is 4. The van der Waals surface area contributed by atoms with E-state index in [9.17, 15) is 22.4 Å². The fourth-order valence-corrected chi connectivity index (χ4v) is 1.70. The number of benzene rings is 1. The molecule has 2 rings (SSSR count). The van der Waals surface area contributed by atoms with Gasteiger partial charge in [-0.15, -0.1) is 0 Å². The third-order valence-electron chi connectivity index (χ3n) is 2.54. The van der Waals surface area contributed by atoms with Crippen LogP contribution in [0, 0.1) is 5.82 Å². The van der Waals surface area contributed by atoms with Crippen LogP contribution in [0.15, 0.2) is 30.5 Å². The average Bonchev–Trinajstić information content (AvgIpc) is 2.68. The monoisotopic (exact) mass is 274 g/mol. The summed E-state index contributed by atoms with van der Waals surface area (Å²) < 4.78 is 50.3. The molecular weight excluding hydrogens is 264 g/mol. The second-order valence-electron chi connectivity index (χ2n) is 4.04. The molecule has 102 valence electrons. The topological polar surface area (TPSA) is 34.0 Å². The molecule has 7 heteroatoms. The summed E-state index contributed by atoms with van der Waals surface area (Å²) in [7, 11) is 0. The van der Waals surface area contributed by atoms with Crippen molar-refractivity contribution in [2.45, 2.75) is 12.7 Å². The summed E-state index contributed by atoms with van der Waals surface area (Å²) in [6, 6.07) is 5.70. The van der Waals surface area contributed by atoms with Crippen LogP contribution in [-0.4, -0.2) is 23.2 Å². The lowest BCUT2D eigenvalue weighted by Gasteiger charge is -2.09. The van der Waals surface area contributed by atoms with E-state index in [1.54, 1.807) is 11.4 Å². The molecule has 0 radical (unpaired) electrons. The Kier molecular flexibility index (Phi) is 3.46. The van der Waals surface area contributed by atoms with Crippen molar-refractivity contribution in [3.63, 3.8) is 0 Å². The minimum Gasteiger partial charge on any atom is -0.345 e. The highest BCUT2D eigenvalue weighted by Crippen LogP contribution is 2.17. The molecule has 0 saturated heterocycles. The van der Waals surface area contributed by atoms with Crippen LogP contribution in [0.3, 0.4) is 0 Å². The molecule has 1 N–H and O–H groups in total. The smallest absolute Gasteiger partial charge is 0.345 e. The molecule has 2 aromatic rings. The van der Waals surface area contributed by atoms with Crippen LogP contribution in [-0.2, 0) is 11.3 Å². The van der Waals surface area contributed by atoms with E-state index in [0.29, 0.717) is 10.9 Å². The number of nitrogens with one attached hydrogen (secondary N) is 1. The van der Waals surface area contributed by atoms with E-state index >= 15 is 0 Å². The average molecular weight is 274 g/mol. The Hall–Kier alpha value is -2.05. The fourth-order valence-electron chi connectivity index (χ4n) is 1.70. The Balaban J connectivity index is 2.09. The number of hydrogen-bond donors (Lipinski definition) is 1. The van der Waals surface area contributed by atoms with E-state index < -0.39 is 24.4 Å². The molecule has 1 aromatic heterocycles. The highest BCUT2D eigenvalue weighted by Gasteiger charge is 2.27. The summed E-state index contributed by atoms with van der Waals surface area (Å²) in [5.41, 5.74) is 0.460. The second-order valence-corrected chi connectivity index (χ2v) is 4.04. The normalized spacial score (nSPS) is 11.8. The highest BCUT2D eigenvalue weighted by atomic mass is 19.4. The summed E-state index contributed by atoms with van der Waals surface area (Å²) >= 11 is 0. The third kappa shape index (κ3) is 3.46. The lowest BCUT2D eigenvalue weighted by molar-refractivity contribution is -0.138. The van der Waals surface area contributed by atoms with Gasteiger partial charge in [-0.05, 0) is 29.7 Å².